The zero-order chi connectivity index (χ0) is 15.9. The van der Waals surface area contributed by atoms with E-state index >= 15 is 0 Å². The Morgan fingerprint density at radius 3 is 2.77 bits per heavy atom. The second-order valence-corrected chi connectivity index (χ2v) is 5.92. The molecule has 0 bridgehead atoms. The average molecular weight is 300 g/mol. The Balaban J connectivity index is 1.84. The fraction of sp³-hybridized carbons (Fsp3) is 0.444. The molecule has 0 unspecified atom stereocenters. The van der Waals surface area contributed by atoms with E-state index < -0.39 is 0 Å². The van der Waals surface area contributed by atoms with Crippen molar-refractivity contribution in [1.82, 2.24) is 10.2 Å². The van der Waals surface area contributed by atoms with Crippen LogP contribution >= 0.6 is 0 Å². The van der Waals surface area contributed by atoms with Crippen LogP contribution in [0.1, 0.15) is 35.2 Å². The van der Waals surface area contributed by atoms with Crippen molar-refractivity contribution in [3.05, 3.63) is 47.5 Å². The van der Waals surface area contributed by atoms with E-state index in [0.29, 0.717) is 12.1 Å². The van der Waals surface area contributed by atoms with Crippen LogP contribution in [0.3, 0.4) is 0 Å². The molecule has 0 spiro atoms. The largest absolute Gasteiger partial charge is 0.356 e. The van der Waals surface area contributed by atoms with E-state index in [1.54, 1.807) is 19.0 Å². The molecular weight excluding hydrogens is 276 g/mol. The number of carbonyl (C=O) groups excluding carboxylic acids is 2. The van der Waals surface area contributed by atoms with Gasteiger partial charge in [-0.1, -0.05) is 24.3 Å². The fourth-order valence-corrected chi connectivity index (χ4v) is 2.62. The summed E-state index contributed by atoms with van der Waals surface area (Å²) in [6.45, 7) is 0.610. The summed E-state index contributed by atoms with van der Waals surface area (Å²) in [6, 6.07) is 7.60. The van der Waals surface area contributed by atoms with Crippen molar-refractivity contribution in [3.63, 3.8) is 0 Å². The van der Waals surface area contributed by atoms with Gasteiger partial charge in [-0.25, -0.2) is 0 Å². The molecule has 0 radical (unpaired) electrons. The van der Waals surface area contributed by atoms with Gasteiger partial charge in [-0.05, 0) is 43.4 Å². The predicted octanol–water partition coefficient (Wildman–Crippen LogP) is 2.40. The van der Waals surface area contributed by atoms with Crippen LogP contribution in [0, 0.1) is 5.92 Å². The molecule has 0 saturated carbocycles. The van der Waals surface area contributed by atoms with E-state index in [0.717, 1.165) is 31.2 Å². The van der Waals surface area contributed by atoms with Crippen molar-refractivity contribution in [2.24, 2.45) is 5.92 Å². The molecule has 1 aliphatic rings. The Hall–Kier alpha value is -2.10. The molecular formula is C18H24N2O2. The number of hydrogen-bond donors (Lipinski definition) is 1. The Kier molecular flexibility index (Phi) is 5.75. The Morgan fingerprint density at radius 1 is 1.27 bits per heavy atom. The van der Waals surface area contributed by atoms with E-state index in [9.17, 15) is 9.59 Å². The Morgan fingerprint density at radius 2 is 2.09 bits per heavy atom. The number of nitrogens with one attached hydrogen (secondary N) is 1. The lowest BCUT2D eigenvalue weighted by Crippen LogP contribution is -2.32. The first-order valence-electron chi connectivity index (χ1n) is 7.81. The highest BCUT2D eigenvalue weighted by atomic mass is 16.2. The number of allylic oxidation sites excluding steroid dienone is 2. The second kappa shape index (κ2) is 7.78. The van der Waals surface area contributed by atoms with Gasteiger partial charge in [0.2, 0.25) is 5.91 Å². The van der Waals surface area contributed by atoms with Crippen LogP contribution < -0.4 is 5.32 Å². The summed E-state index contributed by atoms with van der Waals surface area (Å²) >= 11 is 0. The third-order valence-corrected chi connectivity index (χ3v) is 3.93. The lowest BCUT2D eigenvalue weighted by atomic mass is 9.93. The molecule has 1 aromatic rings. The van der Waals surface area contributed by atoms with E-state index in [4.69, 9.17) is 0 Å². The third kappa shape index (κ3) is 4.45. The lowest BCUT2D eigenvalue weighted by Gasteiger charge is -2.17. The fourth-order valence-electron chi connectivity index (χ4n) is 2.62. The van der Waals surface area contributed by atoms with Crippen LogP contribution in [-0.4, -0.2) is 37.4 Å². The summed E-state index contributed by atoms with van der Waals surface area (Å²) in [5.41, 5.74) is 1.75. The first-order valence-corrected chi connectivity index (χ1v) is 7.81. The molecule has 4 nitrogen and oxygen atoms in total. The van der Waals surface area contributed by atoms with E-state index in [2.05, 4.69) is 17.5 Å². The molecule has 1 aliphatic carbocycles. The molecule has 1 aromatic carbocycles. The molecule has 1 atom stereocenters. The van der Waals surface area contributed by atoms with Gasteiger partial charge >= 0.3 is 0 Å². The standard InChI is InChI=1S/C18H24N2O2/c1-20(2)18(22)16-10-6-7-14(13-16)11-12-19-17(21)15-8-4-3-5-9-15/h3-4,6-7,10,13,15H,5,8-9,11-12H2,1-2H3,(H,19,21)/t15-/m1/s1. The summed E-state index contributed by atoms with van der Waals surface area (Å²) in [5.74, 6) is 0.261. The summed E-state index contributed by atoms with van der Waals surface area (Å²) < 4.78 is 0. The summed E-state index contributed by atoms with van der Waals surface area (Å²) in [7, 11) is 3.49. The van der Waals surface area contributed by atoms with Gasteiger partial charge in [0.1, 0.15) is 0 Å². The maximum atomic E-state index is 12.0. The van der Waals surface area contributed by atoms with Gasteiger partial charge in [0, 0.05) is 32.1 Å². The minimum atomic E-state index is -0.000113. The molecule has 2 rings (SSSR count). The van der Waals surface area contributed by atoms with Gasteiger partial charge < -0.3 is 10.2 Å². The topological polar surface area (TPSA) is 49.4 Å². The number of carbonyl (C=O) groups is 2. The van der Waals surface area contributed by atoms with Crippen molar-refractivity contribution in [1.29, 1.82) is 0 Å². The van der Waals surface area contributed by atoms with Crippen LogP contribution in [0.2, 0.25) is 0 Å². The summed E-state index contributed by atoms with van der Waals surface area (Å²) in [5, 5.41) is 3.00. The molecule has 0 fully saturated rings. The molecule has 0 saturated heterocycles. The lowest BCUT2D eigenvalue weighted by molar-refractivity contribution is -0.125. The average Bonchev–Trinajstić information content (AvgIpc) is 2.55. The monoisotopic (exact) mass is 300 g/mol. The van der Waals surface area contributed by atoms with Crippen molar-refractivity contribution < 1.29 is 9.59 Å². The van der Waals surface area contributed by atoms with Gasteiger partial charge in [-0.3, -0.25) is 9.59 Å². The summed E-state index contributed by atoms with van der Waals surface area (Å²) in [4.78, 5) is 25.5. The van der Waals surface area contributed by atoms with Gasteiger partial charge in [-0.15, -0.1) is 0 Å². The van der Waals surface area contributed by atoms with Crippen LogP contribution in [0.15, 0.2) is 36.4 Å². The Bertz CT molecular complexity index is 564. The highest BCUT2D eigenvalue weighted by Crippen LogP contribution is 2.18. The van der Waals surface area contributed by atoms with Gasteiger partial charge in [0.05, 0.1) is 0 Å². The normalized spacial score (nSPS) is 17.1. The second-order valence-electron chi connectivity index (χ2n) is 5.92. The molecule has 2 amide bonds. The van der Waals surface area contributed by atoms with Gasteiger partial charge in [0.25, 0.3) is 5.91 Å². The first kappa shape index (κ1) is 16.3. The van der Waals surface area contributed by atoms with E-state index in [-0.39, 0.29) is 17.7 Å². The van der Waals surface area contributed by atoms with Gasteiger partial charge in [0.15, 0.2) is 0 Å². The predicted molar refractivity (Wildman–Crippen MR) is 87.7 cm³/mol. The molecule has 4 heteroatoms. The van der Waals surface area contributed by atoms with Crippen LogP contribution in [0.4, 0.5) is 0 Å². The van der Waals surface area contributed by atoms with Crippen LogP contribution in [-0.2, 0) is 11.2 Å². The van der Waals surface area contributed by atoms with Gasteiger partial charge in [-0.2, -0.15) is 0 Å². The SMILES string of the molecule is CN(C)C(=O)c1cccc(CCNC(=O)[C@@H]2CC=CCC2)c1. The number of amides is 2. The Labute approximate surface area is 132 Å². The molecule has 0 heterocycles. The first-order chi connectivity index (χ1) is 10.6. The van der Waals surface area contributed by atoms with Crippen molar-refractivity contribution >= 4 is 11.8 Å². The molecule has 0 aromatic heterocycles. The molecule has 1 N–H and O–H groups in total. The zero-order valence-electron chi connectivity index (χ0n) is 13.3. The number of hydrogen-bond acceptors (Lipinski definition) is 2. The van der Waals surface area contributed by atoms with Crippen molar-refractivity contribution in [2.45, 2.75) is 25.7 Å². The van der Waals surface area contributed by atoms with E-state index in [1.807, 2.05) is 24.3 Å². The zero-order valence-corrected chi connectivity index (χ0v) is 13.3. The quantitative estimate of drug-likeness (QED) is 0.849. The number of benzene rings is 1. The highest BCUT2D eigenvalue weighted by molar-refractivity contribution is 5.94. The smallest absolute Gasteiger partial charge is 0.253 e. The van der Waals surface area contributed by atoms with Crippen molar-refractivity contribution in [3.8, 4) is 0 Å². The maximum Gasteiger partial charge on any atom is 0.253 e. The van der Waals surface area contributed by atoms with Crippen LogP contribution in [0.25, 0.3) is 0 Å². The number of nitrogens with zero attached hydrogens (tertiary/aromatic N) is 1. The highest BCUT2D eigenvalue weighted by Gasteiger charge is 2.17. The molecule has 22 heavy (non-hydrogen) atoms. The van der Waals surface area contributed by atoms with E-state index in [1.165, 1.54) is 0 Å². The number of rotatable bonds is 5. The minimum absolute atomic E-state index is 0.000113. The van der Waals surface area contributed by atoms with Crippen LogP contribution in [0.5, 0.6) is 0 Å². The molecule has 0 aliphatic heterocycles. The minimum Gasteiger partial charge on any atom is -0.356 e. The van der Waals surface area contributed by atoms with Crippen molar-refractivity contribution in [2.75, 3.05) is 20.6 Å². The molecule has 118 valence electrons. The third-order valence-electron chi connectivity index (χ3n) is 3.93. The summed E-state index contributed by atoms with van der Waals surface area (Å²) in [6.07, 6.45) is 7.74. The maximum absolute atomic E-state index is 12.0.